The van der Waals surface area contributed by atoms with Gasteiger partial charge in [-0.3, -0.25) is 19.1 Å². The standard InChI is InChI=1S/C20H21FN4O3/c1-5-25-17-16(19(27)24-20(25)28)12(9-14(22-17)10(2)3)18(26)23-15-8-11(4)6-7-13(15)21/h6-10H,5H2,1-4H3,(H,23,26)(H,24,27,28). The average molecular weight is 384 g/mol. The summed E-state index contributed by atoms with van der Waals surface area (Å²) in [4.78, 5) is 44.2. The molecule has 8 heteroatoms. The van der Waals surface area contributed by atoms with Gasteiger partial charge >= 0.3 is 5.69 Å². The van der Waals surface area contributed by atoms with Crippen LogP contribution < -0.4 is 16.6 Å². The summed E-state index contributed by atoms with van der Waals surface area (Å²) < 4.78 is 15.4. The summed E-state index contributed by atoms with van der Waals surface area (Å²) in [5.41, 5.74) is 0.218. The number of nitrogens with one attached hydrogen (secondary N) is 2. The van der Waals surface area contributed by atoms with Crippen molar-refractivity contribution in [1.29, 1.82) is 0 Å². The molecule has 7 nitrogen and oxygen atoms in total. The number of nitrogens with zero attached hydrogens (tertiary/aromatic N) is 2. The molecule has 0 radical (unpaired) electrons. The molecule has 1 aromatic carbocycles. The summed E-state index contributed by atoms with van der Waals surface area (Å²) in [5.74, 6) is -1.28. The molecule has 0 saturated heterocycles. The maximum Gasteiger partial charge on any atom is 0.329 e. The quantitative estimate of drug-likeness (QED) is 0.723. The van der Waals surface area contributed by atoms with Crippen LogP contribution in [0.15, 0.2) is 33.9 Å². The monoisotopic (exact) mass is 384 g/mol. The molecule has 0 aliphatic rings. The zero-order valence-corrected chi connectivity index (χ0v) is 16.1. The minimum atomic E-state index is -0.706. The van der Waals surface area contributed by atoms with E-state index in [2.05, 4.69) is 15.3 Å². The number of H-pyrrole nitrogens is 1. The fourth-order valence-electron chi connectivity index (χ4n) is 2.99. The summed E-state index contributed by atoms with van der Waals surface area (Å²) in [6.45, 7) is 7.56. The first kappa shape index (κ1) is 19.5. The second-order valence-corrected chi connectivity index (χ2v) is 6.89. The lowest BCUT2D eigenvalue weighted by Crippen LogP contribution is -2.32. The molecule has 0 fully saturated rings. The number of benzene rings is 1. The Morgan fingerprint density at radius 2 is 2.00 bits per heavy atom. The van der Waals surface area contributed by atoms with E-state index in [1.54, 1.807) is 19.9 Å². The van der Waals surface area contributed by atoms with E-state index < -0.39 is 23.0 Å². The van der Waals surface area contributed by atoms with Gasteiger partial charge in [0, 0.05) is 12.2 Å². The average Bonchev–Trinajstić information content (AvgIpc) is 2.63. The molecular weight excluding hydrogens is 363 g/mol. The van der Waals surface area contributed by atoms with Crippen molar-refractivity contribution < 1.29 is 9.18 Å². The lowest BCUT2D eigenvalue weighted by Gasteiger charge is -2.14. The van der Waals surface area contributed by atoms with Crippen LogP contribution in [0.25, 0.3) is 11.0 Å². The van der Waals surface area contributed by atoms with E-state index in [-0.39, 0.29) is 34.7 Å². The highest BCUT2D eigenvalue weighted by Gasteiger charge is 2.21. The van der Waals surface area contributed by atoms with Crippen LogP contribution >= 0.6 is 0 Å². The Bertz CT molecular complexity index is 1190. The maximum atomic E-state index is 14.1. The van der Waals surface area contributed by atoms with Crippen molar-refractivity contribution >= 4 is 22.6 Å². The second kappa shape index (κ2) is 7.38. The van der Waals surface area contributed by atoms with Crippen LogP contribution in [0.5, 0.6) is 0 Å². The molecule has 2 heterocycles. The number of amides is 1. The number of carbonyl (C=O) groups is 1. The molecule has 0 aliphatic carbocycles. The minimum Gasteiger partial charge on any atom is -0.319 e. The van der Waals surface area contributed by atoms with E-state index in [1.807, 2.05) is 13.8 Å². The van der Waals surface area contributed by atoms with Crippen molar-refractivity contribution in [1.82, 2.24) is 14.5 Å². The summed E-state index contributed by atoms with van der Waals surface area (Å²) >= 11 is 0. The largest absolute Gasteiger partial charge is 0.329 e. The normalized spacial score (nSPS) is 11.2. The molecular formula is C20H21FN4O3. The van der Waals surface area contributed by atoms with Gasteiger partial charge in [0.1, 0.15) is 5.82 Å². The first-order valence-electron chi connectivity index (χ1n) is 8.98. The number of hydrogen-bond acceptors (Lipinski definition) is 4. The number of rotatable bonds is 4. The van der Waals surface area contributed by atoms with Crippen molar-refractivity contribution in [2.75, 3.05) is 5.32 Å². The molecule has 2 N–H and O–H groups in total. The van der Waals surface area contributed by atoms with Crippen molar-refractivity contribution in [3.05, 3.63) is 67.7 Å². The molecule has 0 bridgehead atoms. The van der Waals surface area contributed by atoms with Crippen molar-refractivity contribution in [2.45, 2.75) is 40.2 Å². The van der Waals surface area contributed by atoms with Gasteiger partial charge in [-0.15, -0.1) is 0 Å². The fourth-order valence-corrected chi connectivity index (χ4v) is 2.99. The Kier molecular flexibility index (Phi) is 5.13. The van der Waals surface area contributed by atoms with E-state index in [1.165, 1.54) is 22.8 Å². The van der Waals surface area contributed by atoms with Crippen LogP contribution in [0.2, 0.25) is 0 Å². The van der Waals surface area contributed by atoms with E-state index >= 15 is 0 Å². The second-order valence-electron chi connectivity index (χ2n) is 6.89. The number of hydrogen-bond donors (Lipinski definition) is 2. The summed E-state index contributed by atoms with van der Waals surface area (Å²) in [6.07, 6.45) is 0. The Hall–Kier alpha value is -3.29. The third-order valence-corrected chi connectivity index (χ3v) is 4.49. The van der Waals surface area contributed by atoms with Crippen LogP contribution in [0.4, 0.5) is 10.1 Å². The molecule has 3 aromatic rings. The smallest absolute Gasteiger partial charge is 0.319 e. The van der Waals surface area contributed by atoms with Crippen LogP contribution in [-0.2, 0) is 6.54 Å². The summed E-state index contributed by atoms with van der Waals surface area (Å²) in [7, 11) is 0. The topological polar surface area (TPSA) is 96.9 Å². The predicted molar refractivity (Wildman–Crippen MR) is 105 cm³/mol. The van der Waals surface area contributed by atoms with Gasteiger partial charge in [-0.2, -0.15) is 0 Å². The highest BCUT2D eigenvalue weighted by Crippen LogP contribution is 2.22. The maximum absolute atomic E-state index is 14.1. The number of aromatic nitrogens is 3. The highest BCUT2D eigenvalue weighted by molar-refractivity contribution is 6.11. The number of anilines is 1. The number of aromatic amines is 1. The number of pyridine rings is 1. The highest BCUT2D eigenvalue weighted by atomic mass is 19.1. The lowest BCUT2D eigenvalue weighted by atomic mass is 10.0. The first-order chi connectivity index (χ1) is 13.2. The molecule has 0 saturated carbocycles. The number of halogens is 1. The van der Waals surface area contributed by atoms with E-state index in [9.17, 15) is 18.8 Å². The Balaban J connectivity index is 2.27. The van der Waals surface area contributed by atoms with Crippen molar-refractivity contribution in [3.63, 3.8) is 0 Å². The van der Waals surface area contributed by atoms with Gasteiger partial charge in [-0.1, -0.05) is 19.9 Å². The van der Waals surface area contributed by atoms with Crippen LogP contribution in [0.3, 0.4) is 0 Å². The predicted octanol–water partition coefficient (Wildman–Crippen LogP) is 2.93. The minimum absolute atomic E-state index is 0.00332. The zero-order valence-electron chi connectivity index (χ0n) is 16.1. The van der Waals surface area contributed by atoms with Gasteiger partial charge in [0.05, 0.1) is 16.6 Å². The van der Waals surface area contributed by atoms with Gasteiger partial charge in [0.2, 0.25) is 0 Å². The van der Waals surface area contributed by atoms with Gasteiger partial charge < -0.3 is 5.32 Å². The van der Waals surface area contributed by atoms with Crippen LogP contribution in [0, 0.1) is 12.7 Å². The Morgan fingerprint density at radius 1 is 1.29 bits per heavy atom. The molecule has 0 unspecified atom stereocenters. The van der Waals surface area contributed by atoms with Gasteiger partial charge in [-0.25, -0.2) is 14.2 Å². The van der Waals surface area contributed by atoms with Crippen molar-refractivity contribution in [3.8, 4) is 0 Å². The van der Waals surface area contributed by atoms with Crippen molar-refractivity contribution in [2.24, 2.45) is 0 Å². The lowest BCUT2D eigenvalue weighted by molar-refractivity contribution is 0.102. The zero-order chi connectivity index (χ0) is 20.6. The van der Waals surface area contributed by atoms with Gasteiger partial charge in [0.15, 0.2) is 5.65 Å². The molecule has 28 heavy (non-hydrogen) atoms. The summed E-state index contributed by atoms with van der Waals surface area (Å²) in [6, 6.07) is 5.87. The molecule has 2 aromatic heterocycles. The fraction of sp³-hybridized carbons (Fsp3) is 0.300. The molecule has 3 rings (SSSR count). The van der Waals surface area contributed by atoms with Crippen LogP contribution in [-0.4, -0.2) is 20.4 Å². The third-order valence-electron chi connectivity index (χ3n) is 4.49. The molecule has 1 amide bonds. The van der Waals surface area contributed by atoms with E-state index in [4.69, 9.17) is 0 Å². The number of fused-ring (bicyclic) bond motifs is 1. The summed E-state index contributed by atoms with van der Waals surface area (Å²) in [5, 5.41) is 2.52. The number of carbonyl (C=O) groups excluding carboxylic acids is 1. The van der Waals surface area contributed by atoms with Gasteiger partial charge in [0.25, 0.3) is 11.5 Å². The SMILES string of the molecule is CCn1c(=O)[nH]c(=O)c2c(C(=O)Nc3cc(C)ccc3F)cc(C(C)C)nc21. The van der Waals surface area contributed by atoms with Crippen LogP contribution in [0.1, 0.15) is 48.3 Å². The molecule has 0 atom stereocenters. The molecule has 146 valence electrons. The first-order valence-corrected chi connectivity index (χ1v) is 8.98. The van der Waals surface area contributed by atoms with E-state index in [0.717, 1.165) is 5.56 Å². The van der Waals surface area contributed by atoms with Gasteiger partial charge in [-0.05, 0) is 43.5 Å². The number of aryl methyl sites for hydroxylation is 2. The molecule has 0 aliphatic heterocycles. The Morgan fingerprint density at radius 3 is 2.64 bits per heavy atom. The third kappa shape index (κ3) is 3.45. The van der Waals surface area contributed by atoms with E-state index in [0.29, 0.717) is 5.69 Å². The molecule has 0 spiro atoms. The Labute approximate surface area is 160 Å².